The van der Waals surface area contributed by atoms with E-state index in [9.17, 15) is 18.8 Å². The van der Waals surface area contributed by atoms with Gasteiger partial charge >= 0.3 is 0 Å². The normalized spacial score (nSPS) is 12.7. The van der Waals surface area contributed by atoms with E-state index in [0.717, 1.165) is 5.56 Å². The number of hydrogen-bond donors (Lipinski definition) is 1. The smallest absolute Gasteiger partial charge is 0.265 e. The van der Waals surface area contributed by atoms with Gasteiger partial charge in [0.1, 0.15) is 12.3 Å². The highest BCUT2D eigenvalue weighted by atomic mass is 19.1. The summed E-state index contributed by atoms with van der Waals surface area (Å²) in [6.45, 7) is 1.94. The number of carbonyl (C=O) groups is 3. The maximum absolute atomic E-state index is 13.9. The minimum atomic E-state index is -0.560. The summed E-state index contributed by atoms with van der Waals surface area (Å²) in [5.41, 5.74) is 1.37. The van der Waals surface area contributed by atoms with Gasteiger partial charge < -0.3 is 19.5 Å². The number of halogens is 1. The van der Waals surface area contributed by atoms with Crippen LogP contribution in [0, 0.1) is 12.7 Å². The van der Waals surface area contributed by atoms with E-state index in [2.05, 4.69) is 5.32 Å². The molecule has 0 atom stereocenters. The Balaban J connectivity index is 1.70. The number of fused-ring (bicyclic) bond motifs is 1. The van der Waals surface area contributed by atoms with Gasteiger partial charge in [0.05, 0.1) is 5.69 Å². The summed E-state index contributed by atoms with van der Waals surface area (Å²) in [5.74, 6) is -1.32. The van der Waals surface area contributed by atoms with Crippen LogP contribution in [0.25, 0.3) is 0 Å². The Labute approximate surface area is 185 Å². The lowest BCUT2D eigenvalue weighted by molar-refractivity contribution is -0.125. The van der Waals surface area contributed by atoms with Crippen molar-refractivity contribution in [1.29, 1.82) is 0 Å². The zero-order valence-electron chi connectivity index (χ0n) is 18.0. The highest BCUT2D eigenvalue weighted by Gasteiger charge is 2.28. The summed E-state index contributed by atoms with van der Waals surface area (Å²) in [7, 11) is 1.58. The van der Waals surface area contributed by atoms with Gasteiger partial charge in [-0.3, -0.25) is 19.3 Å². The lowest BCUT2D eigenvalue weighted by atomic mass is 10.1. The Kier molecular flexibility index (Phi) is 7.77. The molecule has 0 bridgehead atoms. The van der Waals surface area contributed by atoms with Gasteiger partial charge in [-0.1, -0.05) is 6.07 Å². The van der Waals surface area contributed by atoms with Gasteiger partial charge in [0.25, 0.3) is 5.91 Å². The van der Waals surface area contributed by atoms with Crippen molar-refractivity contribution in [2.45, 2.75) is 13.3 Å². The number of Topliss-reactive ketones (excluding diaryl/α,β-unsaturated/α-hetero) is 1. The van der Waals surface area contributed by atoms with Crippen molar-refractivity contribution in [3.8, 4) is 11.5 Å². The topological polar surface area (TPSA) is 94.2 Å². The molecule has 0 saturated carbocycles. The minimum Gasteiger partial charge on any atom is -0.482 e. The van der Waals surface area contributed by atoms with Crippen molar-refractivity contribution < 1.29 is 33.0 Å². The molecule has 0 fully saturated rings. The van der Waals surface area contributed by atoms with Gasteiger partial charge in [-0.15, -0.1) is 0 Å². The average Bonchev–Trinajstić information content (AvgIpc) is 2.78. The van der Waals surface area contributed by atoms with E-state index in [1.54, 1.807) is 26.2 Å². The molecule has 0 unspecified atom stereocenters. The molecule has 0 spiro atoms. The second-order valence-electron chi connectivity index (χ2n) is 7.29. The number of nitrogens with one attached hydrogen (secondary N) is 1. The molecule has 2 aromatic rings. The van der Waals surface area contributed by atoms with Gasteiger partial charge in [0.2, 0.25) is 5.91 Å². The van der Waals surface area contributed by atoms with Crippen molar-refractivity contribution in [2.75, 3.05) is 44.9 Å². The number of rotatable bonds is 10. The van der Waals surface area contributed by atoms with Crippen molar-refractivity contribution in [1.82, 2.24) is 5.32 Å². The van der Waals surface area contributed by atoms with Crippen LogP contribution < -0.4 is 19.7 Å². The van der Waals surface area contributed by atoms with Crippen LogP contribution in [0.4, 0.5) is 10.1 Å². The van der Waals surface area contributed by atoms with Crippen molar-refractivity contribution >= 4 is 23.3 Å². The van der Waals surface area contributed by atoms with Crippen molar-refractivity contribution in [3.05, 3.63) is 53.3 Å². The fourth-order valence-electron chi connectivity index (χ4n) is 3.14. The Morgan fingerprint density at radius 2 is 2.03 bits per heavy atom. The number of carbonyl (C=O) groups excluding carboxylic acids is 3. The summed E-state index contributed by atoms with van der Waals surface area (Å²) >= 11 is 0. The third kappa shape index (κ3) is 5.82. The van der Waals surface area contributed by atoms with E-state index < -0.39 is 17.5 Å². The number of amides is 2. The van der Waals surface area contributed by atoms with Crippen LogP contribution in [0.15, 0.2) is 36.4 Å². The van der Waals surface area contributed by atoms with Crippen molar-refractivity contribution in [3.63, 3.8) is 0 Å². The van der Waals surface area contributed by atoms with E-state index in [1.807, 2.05) is 0 Å². The molecule has 32 heavy (non-hydrogen) atoms. The first-order valence-electron chi connectivity index (χ1n) is 10.1. The number of anilines is 1. The Bertz CT molecular complexity index is 1010. The first kappa shape index (κ1) is 23.2. The van der Waals surface area contributed by atoms with Crippen LogP contribution in [0.5, 0.6) is 11.5 Å². The van der Waals surface area contributed by atoms with Gasteiger partial charge in [-0.05, 0) is 49.2 Å². The predicted molar refractivity (Wildman–Crippen MR) is 115 cm³/mol. The first-order valence-corrected chi connectivity index (χ1v) is 10.1. The number of aryl methyl sites for hydroxylation is 1. The fraction of sp³-hybridized carbons (Fsp3) is 0.348. The van der Waals surface area contributed by atoms with E-state index >= 15 is 0 Å². The molecule has 0 aliphatic carbocycles. The molecule has 1 N–H and O–H groups in total. The number of methoxy groups -OCH3 is 1. The number of ether oxygens (including phenoxy) is 3. The second-order valence-corrected chi connectivity index (χ2v) is 7.29. The molecule has 1 aliphatic rings. The molecular formula is C23H25FN2O6. The van der Waals surface area contributed by atoms with E-state index in [1.165, 1.54) is 29.2 Å². The zero-order valence-corrected chi connectivity index (χ0v) is 18.0. The molecule has 1 heterocycles. The highest BCUT2D eigenvalue weighted by Crippen LogP contribution is 2.33. The third-order valence-corrected chi connectivity index (χ3v) is 4.82. The number of benzene rings is 2. The molecule has 3 rings (SSSR count). The maximum Gasteiger partial charge on any atom is 0.265 e. The Hall–Kier alpha value is -3.46. The molecule has 170 valence electrons. The number of hydrogen-bond acceptors (Lipinski definition) is 6. The van der Waals surface area contributed by atoms with Gasteiger partial charge in [0.15, 0.2) is 30.6 Å². The van der Waals surface area contributed by atoms with Crippen LogP contribution in [0.3, 0.4) is 0 Å². The third-order valence-electron chi connectivity index (χ3n) is 4.82. The van der Waals surface area contributed by atoms with Crippen LogP contribution in [-0.2, 0) is 14.3 Å². The van der Waals surface area contributed by atoms with Gasteiger partial charge in [-0.2, -0.15) is 0 Å². The number of nitrogens with zero attached hydrogens (tertiary/aromatic N) is 1. The maximum atomic E-state index is 13.9. The highest BCUT2D eigenvalue weighted by molar-refractivity contribution is 6.04. The minimum absolute atomic E-state index is 0.0124. The van der Waals surface area contributed by atoms with E-state index in [0.29, 0.717) is 31.0 Å². The molecule has 9 heteroatoms. The summed E-state index contributed by atoms with van der Waals surface area (Å²) < 4.78 is 29.6. The summed E-state index contributed by atoms with van der Waals surface area (Å²) in [5, 5.41) is 2.73. The molecular weight excluding hydrogens is 419 g/mol. The quantitative estimate of drug-likeness (QED) is 0.446. The summed E-state index contributed by atoms with van der Waals surface area (Å²) in [6.07, 6.45) is 0.649. The largest absolute Gasteiger partial charge is 0.482 e. The standard InChI is InChI=1S/C23H25FN2O6/c1-15-4-6-17(24)21(10-15)31-13-19(27)16-5-7-20-18(11-16)26(23(29)14-32-20)12-22(28)25-8-3-9-30-2/h4-7,10-11H,3,8-9,12-14H2,1-2H3,(H,25,28). The predicted octanol–water partition coefficient (Wildman–Crippen LogP) is 2.27. The van der Waals surface area contributed by atoms with Crippen LogP contribution in [-0.4, -0.2) is 57.6 Å². The molecule has 0 radical (unpaired) electrons. The van der Waals surface area contributed by atoms with Crippen molar-refractivity contribution in [2.24, 2.45) is 0 Å². The van der Waals surface area contributed by atoms with E-state index in [-0.39, 0.29) is 37.0 Å². The fourth-order valence-corrected chi connectivity index (χ4v) is 3.14. The lowest BCUT2D eigenvalue weighted by Crippen LogP contribution is -2.45. The first-order chi connectivity index (χ1) is 15.4. The lowest BCUT2D eigenvalue weighted by Gasteiger charge is -2.29. The molecule has 0 aromatic heterocycles. The molecule has 2 aromatic carbocycles. The summed E-state index contributed by atoms with van der Waals surface area (Å²) in [6, 6.07) is 8.96. The SMILES string of the molecule is COCCCNC(=O)CN1C(=O)COc2ccc(C(=O)COc3cc(C)ccc3F)cc21. The van der Waals surface area contributed by atoms with Gasteiger partial charge in [0, 0.05) is 25.8 Å². The molecule has 1 aliphatic heterocycles. The summed E-state index contributed by atoms with van der Waals surface area (Å²) in [4.78, 5) is 38.5. The van der Waals surface area contributed by atoms with Crippen LogP contribution >= 0.6 is 0 Å². The molecule has 8 nitrogen and oxygen atoms in total. The second kappa shape index (κ2) is 10.7. The average molecular weight is 444 g/mol. The van der Waals surface area contributed by atoms with Gasteiger partial charge in [-0.25, -0.2) is 4.39 Å². The van der Waals surface area contributed by atoms with E-state index in [4.69, 9.17) is 14.2 Å². The Morgan fingerprint density at radius 3 is 2.81 bits per heavy atom. The zero-order chi connectivity index (χ0) is 23.1. The molecule has 2 amide bonds. The van der Waals surface area contributed by atoms with Crippen LogP contribution in [0.1, 0.15) is 22.3 Å². The monoisotopic (exact) mass is 444 g/mol. The van der Waals surface area contributed by atoms with Crippen LogP contribution in [0.2, 0.25) is 0 Å². The Morgan fingerprint density at radius 1 is 1.22 bits per heavy atom. The molecule has 0 saturated heterocycles. The number of ketones is 1.